The number of ether oxygens (including phenoxy) is 1. The predicted octanol–water partition coefficient (Wildman–Crippen LogP) is 2.64. The van der Waals surface area contributed by atoms with Gasteiger partial charge in [-0.25, -0.2) is 19.1 Å². The van der Waals surface area contributed by atoms with Gasteiger partial charge in [0.2, 0.25) is 5.91 Å². The van der Waals surface area contributed by atoms with Crippen LogP contribution in [0.3, 0.4) is 0 Å². The predicted molar refractivity (Wildman–Crippen MR) is 123 cm³/mol. The molecule has 2 saturated heterocycles. The summed E-state index contributed by atoms with van der Waals surface area (Å²) in [6, 6.07) is 13.5. The molecule has 0 saturated carbocycles. The maximum absolute atomic E-state index is 14.3. The molecular formula is C23H24FN5O3S. The van der Waals surface area contributed by atoms with E-state index in [0.717, 1.165) is 10.2 Å². The number of thiazole rings is 1. The van der Waals surface area contributed by atoms with Gasteiger partial charge in [-0.1, -0.05) is 18.2 Å². The van der Waals surface area contributed by atoms with E-state index in [0.29, 0.717) is 36.9 Å². The van der Waals surface area contributed by atoms with Crippen molar-refractivity contribution in [2.45, 2.75) is 18.7 Å². The number of fused-ring (bicyclic) bond motifs is 1. The Balaban J connectivity index is 1.81. The van der Waals surface area contributed by atoms with E-state index in [2.05, 4.69) is 10.2 Å². The molecule has 3 unspecified atom stereocenters. The van der Waals surface area contributed by atoms with Crippen LogP contribution in [0.25, 0.3) is 10.2 Å². The first-order chi connectivity index (χ1) is 15.9. The first-order valence-electron chi connectivity index (χ1n) is 10.8. The monoisotopic (exact) mass is 469 g/mol. The molecule has 2 fully saturated rings. The maximum Gasteiger partial charge on any atom is 0.416 e. The summed E-state index contributed by atoms with van der Waals surface area (Å²) in [5.74, 6) is -1.88. The summed E-state index contributed by atoms with van der Waals surface area (Å²) in [4.78, 5) is 34.3. The van der Waals surface area contributed by atoms with Gasteiger partial charge >= 0.3 is 6.09 Å². The lowest BCUT2D eigenvalue weighted by molar-refractivity contribution is -0.127. The third-order valence-electron chi connectivity index (χ3n) is 6.33. The number of benzene rings is 2. The maximum atomic E-state index is 14.3. The number of halogens is 1. The molecule has 0 spiro atoms. The average Bonchev–Trinajstić information content (AvgIpc) is 3.38. The smallest absolute Gasteiger partial charge is 0.416 e. The summed E-state index contributed by atoms with van der Waals surface area (Å²) in [6.07, 6.45) is -1.61. The van der Waals surface area contributed by atoms with Gasteiger partial charge in [0.05, 0.1) is 21.8 Å². The third kappa shape index (κ3) is 3.45. The Morgan fingerprint density at radius 2 is 2.03 bits per heavy atom. The molecule has 1 aromatic heterocycles. The number of piperazine rings is 1. The second kappa shape index (κ2) is 8.36. The third-order valence-corrected chi connectivity index (χ3v) is 7.48. The Morgan fingerprint density at radius 3 is 2.73 bits per heavy atom. The number of primary amides is 1. The van der Waals surface area contributed by atoms with Crippen LogP contribution in [0.1, 0.15) is 11.9 Å². The fraction of sp³-hybridized carbons (Fsp3) is 0.348. The number of para-hydroxylation sites is 1. The summed E-state index contributed by atoms with van der Waals surface area (Å²) in [5.41, 5.74) is 5.55. The fourth-order valence-corrected chi connectivity index (χ4v) is 5.94. The lowest BCUT2D eigenvalue weighted by atomic mass is 9.88. The normalized spacial score (nSPS) is 24.7. The number of hydrogen-bond donors (Lipinski definition) is 2. The minimum atomic E-state index is -1.27. The van der Waals surface area contributed by atoms with Crippen LogP contribution in [0, 0.1) is 11.7 Å². The highest BCUT2D eigenvalue weighted by Gasteiger charge is 2.64. The van der Waals surface area contributed by atoms with Crippen molar-refractivity contribution in [1.82, 2.24) is 15.2 Å². The number of amides is 2. The van der Waals surface area contributed by atoms with Crippen molar-refractivity contribution < 1.29 is 18.7 Å². The topological polar surface area (TPSA) is 101 Å². The van der Waals surface area contributed by atoms with Crippen molar-refractivity contribution in [2.24, 2.45) is 11.7 Å². The van der Waals surface area contributed by atoms with E-state index in [1.807, 2.05) is 24.3 Å². The molecule has 2 aliphatic rings. The van der Waals surface area contributed by atoms with Crippen LogP contribution in [0.2, 0.25) is 0 Å². The van der Waals surface area contributed by atoms with Gasteiger partial charge in [0.15, 0.2) is 11.8 Å². The highest BCUT2D eigenvalue weighted by atomic mass is 32.1. The number of nitrogens with two attached hydrogens (primary N) is 1. The number of rotatable bonds is 5. The molecule has 10 heteroatoms. The van der Waals surface area contributed by atoms with Crippen molar-refractivity contribution in [3.05, 3.63) is 59.4 Å². The van der Waals surface area contributed by atoms with Crippen LogP contribution in [0.5, 0.6) is 0 Å². The molecule has 0 bridgehead atoms. The number of carbonyl (C=O) groups is 2. The summed E-state index contributed by atoms with van der Waals surface area (Å²) >= 11 is 1.43. The minimum Gasteiger partial charge on any atom is -0.440 e. The summed E-state index contributed by atoms with van der Waals surface area (Å²) in [7, 11) is 0. The van der Waals surface area contributed by atoms with Crippen LogP contribution >= 0.6 is 11.3 Å². The van der Waals surface area contributed by atoms with Gasteiger partial charge in [-0.2, -0.15) is 0 Å². The number of aromatic nitrogens is 1. The minimum absolute atomic E-state index is 0.331. The quantitative estimate of drug-likeness (QED) is 0.596. The van der Waals surface area contributed by atoms with Crippen LogP contribution in [-0.2, 0) is 15.2 Å². The van der Waals surface area contributed by atoms with E-state index in [1.54, 1.807) is 19.1 Å². The molecular weight excluding hydrogens is 445 g/mol. The standard InChI is InChI=1S/C23H24FN5O3S/c1-14(20(25)30)19-23(28-11-9-26-10-12-28,21-27-17-7-2-3-8-18(17)33-21)29(22(31)32-19)16-6-4-5-15(24)13-16/h2-8,13-14,19,26H,9-12H2,1H3,(H2,25,30). The van der Waals surface area contributed by atoms with E-state index < -0.39 is 35.5 Å². The van der Waals surface area contributed by atoms with Gasteiger partial charge in [-0.05, 0) is 37.3 Å². The molecule has 0 aliphatic carbocycles. The van der Waals surface area contributed by atoms with Gasteiger partial charge in [-0.15, -0.1) is 11.3 Å². The molecule has 3 N–H and O–H groups in total. The zero-order chi connectivity index (χ0) is 23.2. The highest BCUT2D eigenvalue weighted by molar-refractivity contribution is 7.18. The van der Waals surface area contributed by atoms with E-state index in [4.69, 9.17) is 15.5 Å². The van der Waals surface area contributed by atoms with Gasteiger partial charge in [0.1, 0.15) is 10.8 Å². The largest absolute Gasteiger partial charge is 0.440 e. The number of anilines is 1. The van der Waals surface area contributed by atoms with Crippen molar-refractivity contribution in [2.75, 3.05) is 31.1 Å². The van der Waals surface area contributed by atoms with E-state index in [9.17, 15) is 14.0 Å². The molecule has 3 aromatic rings. The van der Waals surface area contributed by atoms with Crippen molar-refractivity contribution in [1.29, 1.82) is 0 Å². The molecule has 5 rings (SSSR count). The fourth-order valence-electron chi connectivity index (χ4n) is 4.74. The summed E-state index contributed by atoms with van der Waals surface area (Å²) in [5, 5.41) is 3.92. The number of hydrogen-bond acceptors (Lipinski definition) is 7. The van der Waals surface area contributed by atoms with Gasteiger partial charge in [0.25, 0.3) is 0 Å². The number of carbonyl (C=O) groups excluding carboxylic acids is 2. The SMILES string of the molecule is CC(C(N)=O)C1OC(=O)N(c2cccc(F)c2)C1(c1nc2ccccc2s1)N1CCNCC1. The first kappa shape index (κ1) is 21.7. The molecule has 3 heterocycles. The Hall–Kier alpha value is -3.08. The number of cyclic esters (lactones) is 1. The Bertz CT molecular complexity index is 1180. The van der Waals surface area contributed by atoms with Gasteiger partial charge in [0, 0.05) is 26.2 Å². The summed E-state index contributed by atoms with van der Waals surface area (Å²) < 4.78 is 21.1. The molecule has 2 aromatic carbocycles. The van der Waals surface area contributed by atoms with Gasteiger partial charge < -0.3 is 15.8 Å². The molecule has 33 heavy (non-hydrogen) atoms. The molecule has 3 atom stereocenters. The molecule has 2 aliphatic heterocycles. The second-order valence-electron chi connectivity index (χ2n) is 8.26. The lowest BCUT2D eigenvalue weighted by Crippen LogP contribution is -2.66. The Labute approximate surface area is 194 Å². The second-order valence-corrected chi connectivity index (χ2v) is 9.29. The highest BCUT2D eigenvalue weighted by Crippen LogP contribution is 2.49. The number of nitrogens with one attached hydrogen (secondary N) is 1. The Kier molecular flexibility index (Phi) is 5.51. The van der Waals surface area contributed by atoms with Crippen LogP contribution < -0.4 is 16.0 Å². The van der Waals surface area contributed by atoms with Crippen LogP contribution in [-0.4, -0.2) is 54.2 Å². The molecule has 8 nitrogen and oxygen atoms in total. The first-order valence-corrected chi connectivity index (χ1v) is 11.6. The number of nitrogens with zero attached hydrogens (tertiary/aromatic N) is 3. The molecule has 172 valence electrons. The average molecular weight is 470 g/mol. The summed E-state index contributed by atoms with van der Waals surface area (Å²) in [6.45, 7) is 4.14. The Morgan fingerprint density at radius 1 is 1.27 bits per heavy atom. The molecule has 2 amide bonds. The zero-order valence-corrected chi connectivity index (χ0v) is 18.8. The van der Waals surface area contributed by atoms with Crippen molar-refractivity contribution >= 4 is 39.2 Å². The van der Waals surface area contributed by atoms with Crippen molar-refractivity contribution in [3.63, 3.8) is 0 Å². The van der Waals surface area contributed by atoms with E-state index >= 15 is 0 Å². The van der Waals surface area contributed by atoms with E-state index in [1.165, 1.54) is 28.4 Å². The van der Waals surface area contributed by atoms with Gasteiger partial charge in [-0.3, -0.25) is 9.69 Å². The zero-order valence-electron chi connectivity index (χ0n) is 18.0. The van der Waals surface area contributed by atoms with Crippen LogP contribution in [0.4, 0.5) is 14.9 Å². The van der Waals surface area contributed by atoms with Crippen molar-refractivity contribution in [3.8, 4) is 0 Å². The lowest BCUT2D eigenvalue weighted by Gasteiger charge is -2.48. The van der Waals surface area contributed by atoms with E-state index in [-0.39, 0.29) is 0 Å². The molecule has 0 radical (unpaired) electrons. The van der Waals surface area contributed by atoms with Crippen LogP contribution in [0.15, 0.2) is 48.5 Å².